The number of hydrogen-bond acceptors (Lipinski definition) is 7. The summed E-state index contributed by atoms with van der Waals surface area (Å²) in [6.45, 7) is 1.39. The van der Waals surface area contributed by atoms with Gasteiger partial charge in [0.25, 0.3) is 0 Å². The first-order chi connectivity index (χ1) is 17.7. The number of ketones is 1. The summed E-state index contributed by atoms with van der Waals surface area (Å²) in [6.07, 6.45) is 0. The van der Waals surface area contributed by atoms with Crippen LogP contribution in [-0.4, -0.2) is 71.1 Å². The zero-order valence-corrected chi connectivity index (χ0v) is 22.0. The molecule has 3 aromatic rings. The van der Waals surface area contributed by atoms with Crippen molar-refractivity contribution in [1.82, 2.24) is 8.61 Å². The lowest BCUT2D eigenvalue weighted by molar-refractivity contribution is 0.0730. The third kappa shape index (κ3) is 6.43. The largest absolute Gasteiger partial charge is 0.379 e. The molecule has 1 heterocycles. The van der Waals surface area contributed by atoms with Gasteiger partial charge in [0, 0.05) is 37.9 Å². The van der Waals surface area contributed by atoms with Gasteiger partial charge in [-0.1, -0.05) is 42.5 Å². The molecule has 0 saturated carbocycles. The van der Waals surface area contributed by atoms with E-state index in [1.54, 1.807) is 24.3 Å². The Morgan fingerprint density at radius 3 is 2.24 bits per heavy atom. The molecule has 1 fully saturated rings. The van der Waals surface area contributed by atoms with E-state index in [1.165, 1.54) is 39.9 Å². The number of benzene rings is 3. The maximum atomic E-state index is 12.9. The molecule has 1 aliphatic rings. The van der Waals surface area contributed by atoms with E-state index in [9.17, 15) is 21.6 Å². The molecule has 0 amide bonds. The number of ether oxygens (including phenoxy) is 1. The van der Waals surface area contributed by atoms with Crippen LogP contribution in [0.1, 0.15) is 15.9 Å². The van der Waals surface area contributed by atoms with Gasteiger partial charge in [0.1, 0.15) is 0 Å². The van der Waals surface area contributed by atoms with Crippen LogP contribution in [0.3, 0.4) is 0 Å². The Morgan fingerprint density at radius 2 is 1.57 bits per heavy atom. The zero-order valence-electron chi connectivity index (χ0n) is 20.4. The Labute approximate surface area is 217 Å². The Bertz CT molecular complexity index is 1440. The number of nitrogens with zero attached hydrogens (tertiary/aromatic N) is 2. The maximum Gasteiger partial charge on any atom is 0.243 e. The van der Waals surface area contributed by atoms with E-state index in [4.69, 9.17) is 4.74 Å². The van der Waals surface area contributed by atoms with Crippen molar-refractivity contribution < 1.29 is 26.4 Å². The number of rotatable bonds is 10. The summed E-state index contributed by atoms with van der Waals surface area (Å²) in [4.78, 5) is 13.0. The van der Waals surface area contributed by atoms with Crippen LogP contribution in [0.4, 0.5) is 5.69 Å². The molecule has 9 nitrogen and oxygen atoms in total. The monoisotopic (exact) mass is 543 g/mol. The van der Waals surface area contributed by atoms with Crippen molar-refractivity contribution in [3.05, 3.63) is 90.0 Å². The van der Waals surface area contributed by atoms with Crippen LogP contribution in [-0.2, 0) is 31.3 Å². The van der Waals surface area contributed by atoms with Crippen molar-refractivity contribution in [2.24, 2.45) is 0 Å². The van der Waals surface area contributed by atoms with Crippen molar-refractivity contribution in [3.8, 4) is 0 Å². The molecule has 0 unspecified atom stereocenters. The smallest absolute Gasteiger partial charge is 0.243 e. The molecule has 0 atom stereocenters. The number of morpholine rings is 1. The molecule has 196 valence electrons. The van der Waals surface area contributed by atoms with E-state index in [0.29, 0.717) is 18.9 Å². The van der Waals surface area contributed by atoms with Crippen LogP contribution in [0.25, 0.3) is 0 Å². The minimum Gasteiger partial charge on any atom is -0.379 e. The highest BCUT2D eigenvalue weighted by molar-refractivity contribution is 7.89. The number of anilines is 1. The molecule has 11 heteroatoms. The third-order valence-electron chi connectivity index (χ3n) is 6.03. The topological polar surface area (TPSA) is 113 Å². The Kier molecular flexibility index (Phi) is 8.40. The van der Waals surface area contributed by atoms with Gasteiger partial charge in [0.2, 0.25) is 20.0 Å². The fourth-order valence-corrected chi connectivity index (χ4v) is 6.51. The first-order valence-electron chi connectivity index (χ1n) is 11.7. The summed E-state index contributed by atoms with van der Waals surface area (Å²) < 4.78 is 59.5. The van der Waals surface area contributed by atoms with Crippen molar-refractivity contribution in [2.75, 3.05) is 45.2 Å². The molecule has 3 aromatic carbocycles. The zero-order chi connectivity index (χ0) is 26.5. The number of carbonyl (C=O) groups is 1. The van der Waals surface area contributed by atoms with E-state index in [0.717, 1.165) is 5.56 Å². The lowest BCUT2D eigenvalue weighted by Gasteiger charge is -2.26. The SMILES string of the molecule is CN(Cc1ccccc1)S(=O)(=O)c1ccc(NCC(=O)c2cccc(S(=O)(=O)N3CCOCC3)c2)cc1. The number of Topliss-reactive ketones (excluding diaryl/α,β-unsaturated/α-hetero) is 1. The van der Waals surface area contributed by atoms with Crippen LogP contribution in [0.15, 0.2) is 88.7 Å². The second kappa shape index (κ2) is 11.5. The predicted octanol–water partition coefficient (Wildman–Crippen LogP) is 2.82. The fourth-order valence-electron chi connectivity index (χ4n) is 3.90. The first kappa shape index (κ1) is 27.0. The van der Waals surface area contributed by atoms with Gasteiger partial charge in [-0.3, -0.25) is 4.79 Å². The van der Waals surface area contributed by atoms with E-state index in [1.807, 2.05) is 30.3 Å². The summed E-state index contributed by atoms with van der Waals surface area (Å²) in [5.74, 6) is -0.293. The van der Waals surface area contributed by atoms with Gasteiger partial charge in [0.15, 0.2) is 5.78 Å². The molecule has 1 aliphatic heterocycles. The molecule has 1 N–H and O–H groups in total. The minimum atomic E-state index is -3.71. The highest BCUT2D eigenvalue weighted by Crippen LogP contribution is 2.21. The molecule has 0 aliphatic carbocycles. The maximum absolute atomic E-state index is 12.9. The van der Waals surface area contributed by atoms with Crippen molar-refractivity contribution in [3.63, 3.8) is 0 Å². The summed E-state index contributed by atoms with van der Waals surface area (Å²) in [7, 11) is -5.87. The summed E-state index contributed by atoms with van der Waals surface area (Å²) in [6, 6.07) is 21.5. The van der Waals surface area contributed by atoms with Crippen LogP contribution < -0.4 is 5.32 Å². The van der Waals surface area contributed by atoms with Gasteiger partial charge < -0.3 is 10.1 Å². The van der Waals surface area contributed by atoms with Gasteiger partial charge in [-0.25, -0.2) is 16.8 Å². The highest BCUT2D eigenvalue weighted by atomic mass is 32.2. The van der Waals surface area contributed by atoms with E-state index in [2.05, 4.69) is 5.32 Å². The normalized spacial score (nSPS) is 15.0. The average Bonchev–Trinajstić information content (AvgIpc) is 2.93. The number of nitrogens with one attached hydrogen (secondary N) is 1. The molecule has 0 bridgehead atoms. The lowest BCUT2D eigenvalue weighted by Crippen LogP contribution is -2.40. The molecule has 1 saturated heterocycles. The van der Waals surface area contributed by atoms with E-state index in [-0.39, 0.29) is 47.3 Å². The Balaban J connectivity index is 1.38. The van der Waals surface area contributed by atoms with Gasteiger partial charge in [0.05, 0.1) is 29.5 Å². The van der Waals surface area contributed by atoms with Gasteiger partial charge in [-0.2, -0.15) is 8.61 Å². The van der Waals surface area contributed by atoms with Crippen molar-refractivity contribution >= 4 is 31.5 Å². The highest BCUT2D eigenvalue weighted by Gasteiger charge is 2.27. The van der Waals surface area contributed by atoms with Gasteiger partial charge >= 0.3 is 0 Å². The molecular formula is C26H29N3O6S2. The second-order valence-corrected chi connectivity index (χ2v) is 12.6. The first-order valence-corrected chi connectivity index (χ1v) is 14.6. The molecule has 4 rings (SSSR count). The molecular weight excluding hydrogens is 514 g/mol. The molecule has 37 heavy (non-hydrogen) atoms. The van der Waals surface area contributed by atoms with Gasteiger partial charge in [-0.15, -0.1) is 0 Å². The van der Waals surface area contributed by atoms with Crippen LogP contribution in [0.5, 0.6) is 0 Å². The quantitative estimate of drug-likeness (QED) is 0.391. The fraction of sp³-hybridized carbons (Fsp3) is 0.269. The summed E-state index contributed by atoms with van der Waals surface area (Å²) in [5.41, 5.74) is 1.71. The number of carbonyl (C=O) groups excluding carboxylic acids is 1. The third-order valence-corrected chi connectivity index (χ3v) is 9.74. The number of hydrogen-bond donors (Lipinski definition) is 1. The molecule has 0 aromatic heterocycles. The van der Waals surface area contributed by atoms with Crippen LogP contribution in [0, 0.1) is 0 Å². The van der Waals surface area contributed by atoms with Crippen LogP contribution in [0.2, 0.25) is 0 Å². The Hall–Kier alpha value is -3.09. The molecule has 0 spiro atoms. The van der Waals surface area contributed by atoms with E-state index >= 15 is 0 Å². The standard InChI is InChI=1S/C26H29N3O6S2/c1-28(20-21-6-3-2-4-7-21)36(31,32)24-12-10-23(11-13-24)27-19-26(30)22-8-5-9-25(18-22)37(33,34)29-14-16-35-17-15-29/h2-13,18,27H,14-17,19-20H2,1H3. The van der Waals surface area contributed by atoms with Crippen LogP contribution >= 0.6 is 0 Å². The predicted molar refractivity (Wildman–Crippen MR) is 140 cm³/mol. The van der Waals surface area contributed by atoms with Crippen molar-refractivity contribution in [1.29, 1.82) is 0 Å². The lowest BCUT2D eigenvalue weighted by atomic mass is 10.1. The average molecular weight is 544 g/mol. The van der Waals surface area contributed by atoms with Crippen molar-refractivity contribution in [2.45, 2.75) is 16.3 Å². The van der Waals surface area contributed by atoms with Gasteiger partial charge in [-0.05, 0) is 42.0 Å². The summed E-state index contributed by atoms with van der Waals surface area (Å²) >= 11 is 0. The number of sulfonamides is 2. The second-order valence-electron chi connectivity index (χ2n) is 8.59. The van der Waals surface area contributed by atoms with E-state index < -0.39 is 20.0 Å². The summed E-state index contributed by atoms with van der Waals surface area (Å²) in [5, 5.41) is 2.98. The minimum absolute atomic E-state index is 0.0643. The molecule has 0 radical (unpaired) electrons. The Morgan fingerprint density at radius 1 is 0.892 bits per heavy atom.